The van der Waals surface area contributed by atoms with Gasteiger partial charge in [-0.05, 0) is 29.7 Å². The average molecular weight is 402 g/mol. The van der Waals surface area contributed by atoms with Crippen LogP contribution in [0.2, 0.25) is 0 Å². The lowest BCUT2D eigenvalue weighted by Crippen LogP contribution is -2.49. The van der Waals surface area contributed by atoms with Crippen molar-refractivity contribution in [1.82, 2.24) is 4.31 Å². The maximum absolute atomic E-state index is 12.6. The van der Waals surface area contributed by atoms with Crippen LogP contribution < -0.4 is 5.32 Å². The third-order valence-electron chi connectivity index (χ3n) is 4.67. The number of amides is 1. The summed E-state index contributed by atoms with van der Waals surface area (Å²) in [7, 11) is -3.62. The second-order valence-corrected chi connectivity index (χ2v) is 8.70. The SMILES string of the molecule is Cc1ccccc1NC(=O)COC(=O)[C@@H]1Cc2ccccc2CN1S(C)(=O)=O. The van der Waals surface area contributed by atoms with Gasteiger partial charge in [-0.1, -0.05) is 42.5 Å². The predicted octanol–water partition coefficient (Wildman–Crippen LogP) is 1.86. The van der Waals surface area contributed by atoms with Crippen LogP contribution in [0.5, 0.6) is 0 Å². The number of rotatable bonds is 5. The number of ether oxygens (including phenoxy) is 1. The maximum atomic E-state index is 12.6. The highest BCUT2D eigenvalue weighted by molar-refractivity contribution is 7.88. The molecule has 0 spiro atoms. The van der Waals surface area contributed by atoms with Crippen LogP contribution in [-0.2, 0) is 37.3 Å². The Labute approximate surface area is 164 Å². The Morgan fingerprint density at radius 1 is 1.11 bits per heavy atom. The number of nitrogens with one attached hydrogen (secondary N) is 1. The van der Waals surface area contributed by atoms with Crippen LogP contribution in [0.25, 0.3) is 0 Å². The first-order chi connectivity index (χ1) is 13.3. The van der Waals surface area contributed by atoms with Crippen molar-refractivity contribution >= 4 is 27.6 Å². The van der Waals surface area contributed by atoms with Gasteiger partial charge in [-0.25, -0.2) is 8.42 Å². The third kappa shape index (κ3) is 4.58. The molecule has 1 heterocycles. The number of para-hydroxylation sites is 1. The van der Waals surface area contributed by atoms with Gasteiger partial charge in [0.05, 0.1) is 6.26 Å². The van der Waals surface area contributed by atoms with Gasteiger partial charge in [-0.2, -0.15) is 4.31 Å². The van der Waals surface area contributed by atoms with E-state index in [9.17, 15) is 18.0 Å². The predicted molar refractivity (Wildman–Crippen MR) is 105 cm³/mol. The number of anilines is 1. The van der Waals surface area contributed by atoms with Crippen LogP contribution in [0, 0.1) is 6.92 Å². The molecule has 0 aliphatic carbocycles. The number of fused-ring (bicyclic) bond motifs is 1. The average Bonchev–Trinajstić information content (AvgIpc) is 2.66. The fraction of sp³-hybridized carbons (Fsp3) is 0.300. The van der Waals surface area contributed by atoms with Crippen LogP contribution >= 0.6 is 0 Å². The number of carbonyl (C=O) groups excluding carboxylic acids is 2. The molecule has 0 bridgehead atoms. The van der Waals surface area contributed by atoms with Crippen molar-refractivity contribution in [3.05, 3.63) is 65.2 Å². The number of carbonyl (C=O) groups is 2. The second-order valence-electron chi connectivity index (χ2n) is 6.77. The minimum atomic E-state index is -3.62. The molecule has 2 aromatic rings. The first-order valence-electron chi connectivity index (χ1n) is 8.81. The van der Waals surface area contributed by atoms with E-state index in [0.717, 1.165) is 27.3 Å². The van der Waals surface area contributed by atoms with E-state index >= 15 is 0 Å². The maximum Gasteiger partial charge on any atom is 0.325 e. The van der Waals surface area contributed by atoms with E-state index < -0.39 is 34.5 Å². The molecule has 1 aliphatic rings. The molecule has 0 saturated carbocycles. The lowest BCUT2D eigenvalue weighted by Gasteiger charge is -2.33. The Bertz CT molecular complexity index is 1000. The Hall–Kier alpha value is -2.71. The number of hydrogen-bond acceptors (Lipinski definition) is 5. The molecule has 0 radical (unpaired) electrons. The second kappa shape index (κ2) is 8.12. The summed E-state index contributed by atoms with van der Waals surface area (Å²) in [4.78, 5) is 24.7. The summed E-state index contributed by atoms with van der Waals surface area (Å²) in [5, 5.41) is 2.68. The minimum Gasteiger partial charge on any atom is -0.454 e. The molecule has 148 valence electrons. The van der Waals surface area contributed by atoms with Crippen molar-refractivity contribution in [2.75, 3.05) is 18.2 Å². The molecule has 0 unspecified atom stereocenters. The van der Waals surface area contributed by atoms with Gasteiger partial charge in [-0.15, -0.1) is 0 Å². The topological polar surface area (TPSA) is 92.8 Å². The molecule has 0 aromatic heterocycles. The summed E-state index contributed by atoms with van der Waals surface area (Å²) in [5.74, 6) is -1.22. The summed E-state index contributed by atoms with van der Waals surface area (Å²) >= 11 is 0. The summed E-state index contributed by atoms with van der Waals surface area (Å²) in [6, 6.07) is 13.6. The van der Waals surface area contributed by atoms with Gasteiger partial charge in [0.15, 0.2) is 6.61 Å². The van der Waals surface area contributed by atoms with Crippen LogP contribution in [0.3, 0.4) is 0 Å². The molecule has 0 saturated heterocycles. The van der Waals surface area contributed by atoms with Crippen LogP contribution in [-0.4, -0.2) is 43.5 Å². The molecule has 28 heavy (non-hydrogen) atoms. The largest absolute Gasteiger partial charge is 0.454 e. The smallest absolute Gasteiger partial charge is 0.325 e. The van der Waals surface area contributed by atoms with Crippen molar-refractivity contribution < 1.29 is 22.7 Å². The van der Waals surface area contributed by atoms with E-state index in [1.807, 2.05) is 43.3 Å². The molecule has 7 nitrogen and oxygen atoms in total. The first-order valence-corrected chi connectivity index (χ1v) is 10.7. The van der Waals surface area contributed by atoms with Gasteiger partial charge in [0.25, 0.3) is 5.91 Å². The Kier molecular flexibility index (Phi) is 5.81. The van der Waals surface area contributed by atoms with Crippen LogP contribution in [0.15, 0.2) is 48.5 Å². The van der Waals surface area contributed by atoms with Gasteiger partial charge in [0.2, 0.25) is 10.0 Å². The van der Waals surface area contributed by atoms with Crippen molar-refractivity contribution in [2.24, 2.45) is 0 Å². The first kappa shape index (κ1) is 20.0. The minimum absolute atomic E-state index is 0.101. The van der Waals surface area contributed by atoms with E-state index in [1.165, 1.54) is 0 Å². The van der Waals surface area contributed by atoms with Gasteiger partial charge in [-0.3, -0.25) is 9.59 Å². The summed E-state index contributed by atoms with van der Waals surface area (Å²) in [6.45, 7) is 1.47. The van der Waals surface area contributed by atoms with Crippen molar-refractivity contribution in [3.63, 3.8) is 0 Å². The van der Waals surface area contributed by atoms with Crippen molar-refractivity contribution in [3.8, 4) is 0 Å². The molecule has 1 amide bonds. The zero-order valence-electron chi connectivity index (χ0n) is 15.7. The molecule has 0 fully saturated rings. The number of sulfonamides is 1. The molecule has 8 heteroatoms. The molecule has 2 aromatic carbocycles. The van der Waals surface area contributed by atoms with Gasteiger partial charge in [0.1, 0.15) is 6.04 Å². The highest BCUT2D eigenvalue weighted by Crippen LogP contribution is 2.26. The normalized spacial score (nSPS) is 16.9. The van der Waals surface area contributed by atoms with Gasteiger partial charge in [0, 0.05) is 18.7 Å². The third-order valence-corrected chi connectivity index (χ3v) is 5.90. The molecule has 1 atom stereocenters. The van der Waals surface area contributed by atoms with E-state index in [-0.39, 0.29) is 13.0 Å². The number of hydrogen-bond donors (Lipinski definition) is 1. The number of benzene rings is 2. The zero-order valence-corrected chi connectivity index (χ0v) is 16.5. The van der Waals surface area contributed by atoms with E-state index in [4.69, 9.17) is 4.74 Å². The number of nitrogens with zero attached hydrogens (tertiary/aromatic N) is 1. The number of aryl methyl sites for hydroxylation is 1. The van der Waals surface area contributed by atoms with Crippen molar-refractivity contribution in [1.29, 1.82) is 0 Å². The van der Waals surface area contributed by atoms with Crippen LogP contribution in [0.1, 0.15) is 16.7 Å². The monoisotopic (exact) mass is 402 g/mol. The quantitative estimate of drug-likeness (QED) is 0.771. The summed E-state index contributed by atoms with van der Waals surface area (Å²) in [5.41, 5.74) is 3.27. The molecular weight excluding hydrogens is 380 g/mol. The zero-order chi connectivity index (χ0) is 20.3. The molecular formula is C20H22N2O5S. The standard InChI is InChI=1S/C20H22N2O5S/c1-14-7-3-6-10-17(14)21-19(23)13-27-20(24)18-11-15-8-4-5-9-16(15)12-22(18)28(2,25)26/h3-10,18H,11-13H2,1-2H3,(H,21,23)/t18-/m0/s1. The highest BCUT2D eigenvalue weighted by atomic mass is 32.2. The van der Waals surface area contributed by atoms with Gasteiger partial charge < -0.3 is 10.1 Å². The van der Waals surface area contributed by atoms with E-state index in [2.05, 4.69) is 5.32 Å². The molecule has 1 N–H and O–H groups in total. The molecule has 1 aliphatic heterocycles. The lowest BCUT2D eigenvalue weighted by molar-refractivity contribution is -0.151. The van der Waals surface area contributed by atoms with Gasteiger partial charge >= 0.3 is 5.97 Å². The summed E-state index contributed by atoms with van der Waals surface area (Å²) < 4.78 is 30.6. The highest BCUT2D eigenvalue weighted by Gasteiger charge is 2.38. The Balaban J connectivity index is 1.68. The fourth-order valence-corrected chi connectivity index (χ4v) is 4.18. The Morgan fingerprint density at radius 2 is 1.75 bits per heavy atom. The van der Waals surface area contributed by atoms with E-state index in [1.54, 1.807) is 12.1 Å². The van der Waals surface area contributed by atoms with Crippen molar-refractivity contribution in [2.45, 2.75) is 25.9 Å². The fourth-order valence-electron chi connectivity index (χ4n) is 3.18. The number of esters is 1. The lowest BCUT2D eigenvalue weighted by atomic mass is 9.96. The Morgan fingerprint density at radius 3 is 2.43 bits per heavy atom. The van der Waals surface area contributed by atoms with Crippen LogP contribution in [0.4, 0.5) is 5.69 Å². The molecule has 3 rings (SSSR count). The summed E-state index contributed by atoms with van der Waals surface area (Å²) in [6.07, 6.45) is 1.27. The van der Waals surface area contributed by atoms with E-state index in [0.29, 0.717) is 5.69 Å².